The Bertz CT molecular complexity index is 175. The number of carbonyl (C=O) groups is 2. The largest absolute Gasteiger partial charge is 0.481 e. The molecule has 0 saturated carbocycles. The van der Waals surface area contributed by atoms with E-state index in [2.05, 4.69) is 25.3 Å². The number of carboxylic acids is 2. The summed E-state index contributed by atoms with van der Waals surface area (Å²) in [7, 11) is 0. The first kappa shape index (κ1) is 12.6. The molecule has 0 bridgehead atoms. The van der Waals surface area contributed by atoms with Crippen molar-refractivity contribution in [3.63, 3.8) is 0 Å². The fourth-order valence-corrected chi connectivity index (χ4v) is 1.46. The van der Waals surface area contributed by atoms with Crippen LogP contribution in [0, 0.1) is 11.8 Å². The van der Waals surface area contributed by atoms with Crippen LogP contribution in [0.1, 0.15) is 6.42 Å². The van der Waals surface area contributed by atoms with Crippen molar-refractivity contribution in [1.82, 2.24) is 0 Å². The molecule has 0 rings (SSSR count). The molecular weight excluding hydrogens is 212 g/mol. The van der Waals surface area contributed by atoms with Gasteiger partial charge in [-0.3, -0.25) is 9.59 Å². The van der Waals surface area contributed by atoms with Gasteiger partial charge in [0.2, 0.25) is 0 Å². The molecule has 0 aromatic rings. The molecule has 6 heteroatoms. The molecular formula is C7H12O4S2. The molecule has 0 aliphatic rings. The van der Waals surface area contributed by atoms with Crippen molar-refractivity contribution in [2.75, 3.05) is 11.5 Å². The van der Waals surface area contributed by atoms with Gasteiger partial charge in [0.1, 0.15) is 0 Å². The maximum Gasteiger partial charge on any atom is 0.307 e. The van der Waals surface area contributed by atoms with Gasteiger partial charge in [0.25, 0.3) is 0 Å². The Hall–Kier alpha value is -0.360. The average molecular weight is 224 g/mol. The SMILES string of the molecule is O=C(O)[C@@H](CS)C[C@H](CS)C(=O)O. The molecule has 0 amide bonds. The Morgan fingerprint density at radius 1 is 1.00 bits per heavy atom. The Morgan fingerprint density at radius 3 is 1.46 bits per heavy atom. The van der Waals surface area contributed by atoms with Crippen LogP contribution in [-0.4, -0.2) is 33.7 Å². The molecule has 13 heavy (non-hydrogen) atoms. The van der Waals surface area contributed by atoms with Crippen LogP contribution in [0.2, 0.25) is 0 Å². The summed E-state index contributed by atoms with van der Waals surface area (Å²) in [4.78, 5) is 21.1. The van der Waals surface area contributed by atoms with Crippen molar-refractivity contribution >= 4 is 37.2 Å². The van der Waals surface area contributed by atoms with Crippen molar-refractivity contribution in [3.05, 3.63) is 0 Å². The van der Waals surface area contributed by atoms with Gasteiger partial charge in [-0.1, -0.05) is 0 Å². The number of thiol groups is 2. The first-order valence-electron chi connectivity index (χ1n) is 3.70. The van der Waals surface area contributed by atoms with E-state index in [0.29, 0.717) is 0 Å². The van der Waals surface area contributed by atoms with Crippen LogP contribution in [0.25, 0.3) is 0 Å². The van der Waals surface area contributed by atoms with Crippen LogP contribution in [0.4, 0.5) is 0 Å². The van der Waals surface area contributed by atoms with Crippen LogP contribution in [0.5, 0.6) is 0 Å². The lowest BCUT2D eigenvalue weighted by Gasteiger charge is -2.13. The number of hydrogen-bond donors (Lipinski definition) is 4. The van der Waals surface area contributed by atoms with E-state index in [1.807, 2.05) is 0 Å². The van der Waals surface area contributed by atoms with Gasteiger partial charge in [-0.25, -0.2) is 0 Å². The second kappa shape index (κ2) is 6.15. The van der Waals surface area contributed by atoms with E-state index in [-0.39, 0.29) is 17.9 Å². The van der Waals surface area contributed by atoms with E-state index in [1.165, 1.54) is 0 Å². The molecule has 4 nitrogen and oxygen atoms in total. The third-order valence-corrected chi connectivity index (χ3v) is 2.59. The minimum absolute atomic E-state index is 0.0810. The molecule has 0 aromatic heterocycles. The van der Waals surface area contributed by atoms with E-state index in [9.17, 15) is 9.59 Å². The third-order valence-electron chi connectivity index (χ3n) is 1.71. The van der Waals surface area contributed by atoms with Crippen molar-refractivity contribution < 1.29 is 19.8 Å². The van der Waals surface area contributed by atoms with E-state index in [0.717, 1.165) is 0 Å². The van der Waals surface area contributed by atoms with Crippen molar-refractivity contribution in [2.45, 2.75) is 6.42 Å². The number of aliphatic carboxylic acids is 2. The average Bonchev–Trinajstić information content (AvgIpc) is 2.05. The van der Waals surface area contributed by atoms with E-state index in [1.54, 1.807) is 0 Å². The molecule has 0 radical (unpaired) electrons. The highest BCUT2D eigenvalue weighted by molar-refractivity contribution is 7.80. The van der Waals surface area contributed by atoms with Crippen LogP contribution in [0.15, 0.2) is 0 Å². The quantitative estimate of drug-likeness (QED) is 0.499. The number of carboxylic acid groups (broad SMARTS) is 2. The van der Waals surface area contributed by atoms with Gasteiger partial charge >= 0.3 is 11.9 Å². The normalized spacial score (nSPS) is 14.9. The zero-order chi connectivity index (χ0) is 10.4. The van der Waals surface area contributed by atoms with Gasteiger partial charge in [0.05, 0.1) is 11.8 Å². The molecule has 2 N–H and O–H groups in total. The second-order valence-corrected chi connectivity index (χ2v) is 3.40. The minimum atomic E-state index is -1.01. The fourth-order valence-electron chi connectivity index (χ4n) is 0.850. The summed E-state index contributed by atoms with van der Waals surface area (Å²) in [6, 6.07) is 0. The molecule has 0 aromatic carbocycles. The lowest BCUT2D eigenvalue weighted by atomic mass is 9.97. The molecule has 0 saturated heterocycles. The van der Waals surface area contributed by atoms with E-state index < -0.39 is 23.8 Å². The summed E-state index contributed by atoms with van der Waals surface area (Å²) < 4.78 is 0. The molecule has 0 aliphatic carbocycles. The van der Waals surface area contributed by atoms with Gasteiger partial charge < -0.3 is 10.2 Å². The van der Waals surface area contributed by atoms with Crippen LogP contribution >= 0.6 is 25.3 Å². The maximum atomic E-state index is 10.5. The Balaban J connectivity index is 4.19. The van der Waals surface area contributed by atoms with Crippen molar-refractivity contribution in [2.24, 2.45) is 11.8 Å². The molecule has 0 unspecified atom stereocenters. The highest BCUT2D eigenvalue weighted by Crippen LogP contribution is 2.15. The Kier molecular flexibility index (Phi) is 5.98. The van der Waals surface area contributed by atoms with E-state index in [4.69, 9.17) is 10.2 Å². The second-order valence-electron chi connectivity index (χ2n) is 2.67. The molecule has 0 spiro atoms. The monoisotopic (exact) mass is 224 g/mol. The summed E-state index contributed by atoms with van der Waals surface area (Å²) in [5.41, 5.74) is 0. The number of rotatable bonds is 6. The summed E-state index contributed by atoms with van der Waals surface area (Å²) in [6.45, 7) is 0. The van der Waals surface area contributed by atoms with Crippen molar-refractivity contribution in [1.29, 1.82) is 0 Å². The summed E-state index contributed by atoms with van der Waals surface area (Å²) in [5.74, 6) is -3.15. The Labute approximate surface area is 87.2 Å². The zero-order valence-corrected chi connectivity index (χ0v) is 8.67. The van der Waals surface area contributed by atoms with Crippen molar-refractivity contribution in [3.8, 4) is 0 Å². The van der Waals surface area contributed by atoms with Crippen LogP contribution in [0.3, 0.4) is 0 Å². The fraction of sp³-hybridized carbons (Fsp3) is 0.714. The molecule has 0 heterocycles. The summed E-state index contributed by atoms with van der Waals surface area (Å²) in [5, 5.41) is 17.3. The highest BCUT2D eigenvalue weighted by Gasteiger charge is 2.24. The van der Waals surface area contributed by atoms with Crippen LogP contribution in [-0.2, 0) is 9.59 Å². The van der Waals surface area contributed by atoms with E-state index >= 15 is 0 Å². The third kappa shape index (κ3) is 4.42. The lowest BCUT2D eigenvalue weighted by molar-refractivity contribution is -0.144. The summed E-state index contributed by atoms with van der Waals surface area (Å²) >= 11 is 7.68. The first-order chi connectivity index (χ1) is 6.02. The maximum absolute atomic E-state index is 10.5. The summed E-state index contributed by atoms with van der Waals surface area (Å²) in [6.07, 6.45) is 0.0810. The zero-order valence-electron chi connectivity index (χ0n) is 6.88. The smallest absolute Gasteiger partial charge is 0.307 e. The van der Waals surface area contributed by atoms with Gasteiger partial charge in [0, 0.05) is 11.5 Å². The predicted octanol–water partition coefficient (Wildman–Crippen LogP) is 0.638. The molecule has 0 aliphatic heterocycles. The number of hydrogen-bond acceptors (Lipinski definition) is 4. The molecule has 0 fully saturated rings. The van der Waals surface area contributed by atoms with Gasteiger partial charge in [-0.15, -0.1) is 0 Å². The van der Waals surface area contributed by atoms with Gasteiger partial charge in [-0.2, -0.15) is 25.3 Å². The minimum Gasteiger partial charge on any atom is -0.481 e. The standard InChI is InChI=1S/C7H12O4S2/c8-6(9)4(2-12)1-5(3-13)7(10)11/h4-5,12-13H,1-3H2,(H,8,9)(H,10,11)/t4-,5-/m1/s1. The Morgan fingerprint density at radius 2 is 1.31 bits per heavy atom. The van der Waals surface area contributed by atoms with Crippen LogP contribution < -0.4 is 0 Å². The lowest BCUT2D eigenvalue weighted by Crippen LogP contribution is -2.25. The molecule has 76 valence electrons. The highest BCUT2D eigenvalue weighted by atomic mass is 32.1. The predicted molar refractivity (Wildman–Crippen MR) is 54.6 cm³/mol. The van der Waals surface area contributed by atoms with Gasteiger partial charge in [0.15, 0.2) is 0 Å². The van der Waals surface area contributed by atoms with Gasteiger partial charge in [-0.05, 0) is 6.42 Å². The topological polar surface area (TPSA) is 74.6 Å². The first-order valence-corrected chi connectivity index (χ1v) is 4.96. The molecule has 2 atom stereocenters.